The molecule has 0 aliphatic carbocycles. The second kappa shape index (κ2) is 3.15. The zero-order valence-corrected chi connectivity index (χ0v) is 4.46. The largest absolute Gasteiger partial charge is 0.411 e. The molecule has 0 atom stereocenters. The maximum Gasteiger partial charge on any atom is 0.205 e. The van der Waals surface area contributed by atoms with Gasteiger partial charge in [0.15, 0.2) is 0 Å². The average Bonchev–Trinajstić information content (AvgIpc) is 1.84. The monoisotopic (exact) mass is 117 g/mol. The Bertz CT molecular complexity index is 118. The number of hydrogen-bond donors (Lipinski definition) is 2. The zero-order valence-electron chi connectivity index (χ0n) is 4.46. The molecule has 0 amide bonds. The molecule has 0 heterocycles. The molecular weight excluding hydrogens is 110 g/mol. The molecule has 0 aliphatic heterocycles. The normalized spacial score (nSPS) is 11.5. The Hall–Kier alpha value is -0.900. The van der Waals surface area contributed by atoms with E-state index in [1.807, 2.05) is 0 Å². The van der Waals surface area contributed by atoms with Crippen molar-refractivity contribution in [2.24, 2.45) is 5.16 Å². The summed E-state index contributed by atoms with van der Waals surface area (Å²) in [4.78, 5) is 10.2. The predicted molar refractivity (Wildman–Crippen MR) is 27.0 cm³/mol. The summed E-state index contributed by atoms with van der Waals surface area (Å²) in [6.45, 7) is 0.717. The van der Waals surface area contributed by atoms with Crippen molar-refractivity contribution < 1.29 is 15.1 Å². The Morgan fingerprint density at radius 1 is 1.75 bits per heavy atom. The summed E-state index contributed by atoms with van der Waals surface area (Å²) in [5.74, 6) is -0.562. The maximum atomic E-state index is 10.2. The van der Waals surface area contributed by atoms with Gasteiger partial charge in [-0.25, -0.2) is 0 Å². The van der Waals surface area contributed by atoms with Crippen molar-refractivity contribution in [1.29, 1.82) is 0 Å². The van der Waals surface area contributed by atoms with Crippen LogP contribution in [0.3, 0.4) is 0 Å². The molecule has 0 unspecified atom stereocenters. The van der Waals surface area contributed by atoms with Gasteiger partial charge >= 0.3 is 0 Å². The number of aliphatic hydroxyl groups excluding tert-OH is 1. The molecule has 0 bridgehead atoms. The first-order valence-electron chi connectivity index (χ1n) is 2.05. The van der Waals surface area contributed by atoms with E-state index in [0.29, 0.717) is 0 Å². The van der Waals surface area contributed by atoms with Crippen molar-refractivity contribution in [3.63, 3.8) is 0 Å². The van der Waals surface area contributed by atoms with Gasteiger partial charge < -0.3 is 10.3 Å². The third-order valence-corrected chi connectivity index (χ3v) is 0.697. The van der Waals surface area contributed by atoms with Crippen LogP contribution in [-0.4, -0.2) is 28.4 Å². The van der Waals surface area contributed by atoms with Gasteiger partial charge in [0.2, 0.25) is 5.78 Å². The number of oxime groups is 1. The highest BCUT2D eigenvalue weighted by Crippen LogP contribution is 1.75. The van der Waals surface area contributed by atoms with Crippen LogP contribution in [0.4, 0.5) is 0 Å². The smallest absolute Gasteiger partial charge is 0.205 e. The number of ketones is 1. The van der Waals surface area contributed by atoms with Gasteiger partial charge in [0, 0.05) is 0 Å². The van der Waals surface area contributed by atoms with Gasteiger partial charge in [0.1, 0.15) is 12.3 Å². The predicted octanol–water partition coefficient (Wildman–Crippen LogP) is -0.602. The van der Waals surface area contributed by atoms with Crippen LogP contribution in [0.5, 0.6) is 0 Å². The van der Waals surface area contributed by atoms with Crippen molar-refractivity contribution >= 4 is 11.5 Å². The fourth-order valence-corrected chi connectivity index (χ4v) is 0.170. The lowest BCUT2D eigenvalue weighted by atomic mass is 10.3. The number of carbonyl (C=O) groups excluding carboxylic acids is 1. The van der Waals surface area contributed by atoms with E-state index in [-0.39, 0.29) is 5.71 Å². The molecule has 0 radical (unpaired) electrons. The Balaban J connectivity index is 3.83. The molecule has 0 saturated carbocycles. The lowest BCUT2D eigenvalue weighted by Crippen LogP contribution is -2.13. The summed E-state index contributed by atoms with van der Waals surface area (Å²) in [6.07, 6.45) is 0. The minimum Gasteiger partial charge on any atom is -0.411 e. The number of carbonyl (C=O) groups is 1. The second-order valence-corrected chi connectivity index (χ2v) is 1.27. The lowest BCUT2D eigenvalue weighted by molar-refractivity contribution is -0.115. The van der Waals surface area contributed by atoms with Crippen molar-refractivity contribution in [2.45, 2.75) is 6.92 Å². The SMILES string of the molecule is C/C(=N\O)C(=O)CO. The van der Waals surface area contributed by atoms with Gasteiger partial charge in [-0.1, -0.05) is 5.16 Å². The molecule has 4 heteroatoms. The van der Waals surface area contributed by atoms with E-state index in [9.17, 15) is 4.79 Å². The zero-order chi connectivity index (χ0) is 6.57. The summed E-state index contributed by atoms with van der Waals surface area (Å²) >= 11 is 0. The van der Waals surface area contributed by atoms with Gasteiger partial charge in [0.05, 0.1) is 0 Å². The molecule has 4 nitrogen and oxygen atoms in total. The van der Waals surface area contributed by atoms with Crippen LogP contribution in [0.25, 0.3) is 0 Å². The van der Waals surface area contributed by atoms with Crippen LogP contribution in [0.2, 0.25) is 0 Å². The van der Waals surface area contributed by atoms with E-state index >= 15 is 0 Å². The lowest BCUT2D eigenvalue weighted by Gasteiger charge is -1.87. The first-order chi connectivity index (χ1) is 3.72. The molecule has 0 spiro atoms. The molecule has 0 saturated heterocycles. The highest BCUT2D eigenvalue weighted by atomic mass is 16.4. The topological polar surface area (TPSA) is 69.9 Å². The van der Waals surface area contributed by atoms with Crippen LogP contribution < -0.4 is 0 Å². The highest BCUT2D eigenvalue weighted by molar-refractivity contribution is 6.39. The van der Waals surface area contributed by atoms with Crippen LogP contribution in [0, 0.1) is 0 Å². The van der Waals surface area contributed by atoms with Crippen LogP contribution in [-0.2, 0) is 4.79 Å². The van der Waals surface area contributed by atoms with E-state index in [1.165, 1.54) is 6.92 Å². The van der Waals surface area contributed by atoms with Crippen LogP contribution in [0.15, 0.2) is 5.16 Å². The molecule has 0 aromatic carbocycles. The Morgan fingerprint density at radius 3 is 2.38 bits per heavy atom. The van der Waals surface area contributed by atoms with E-state index in [4.69, 9.17) is 10.3 Å². The van der Waals surface area contributed by atoms with Gasteiger partial charge in [-0.2, -0.15) is 0 Å². The number of Topliss-reactive ketones (excluding diaryl/α,β-unsaturated/α-hetero) is 1. The van der Waals surface area contributed by atoms with E-state index in [1.54, 1.807) is 0 Å². The van der Waals surface area contributed by atoms with Crippen molar-refractivity contribution in [3.8, 4) is 0 Å². The molecular formula is C4H7NO3. The molecule has 0 aromatic heterocycles. The van der Waals surface area contributed by atoms with Crippen molar-refractivity contribution in [1.82, 2.24) is 0 Å². The number of hydrogen-bond acceptors (Lipinski definition) is 4. The van der Waals surface area contributed by atoms with Crippen molar-refractivity contribution in [2.75, 3.05) is 6.61 Å². The second-order valence-electron chi connectivity index (χ2n) is 1.27. The minimum atomic E-state index is -0.601. The standard InChI is InChI=1S/C4H7NO3/c1-3(5-8)4(7)2-6/h6,8H,2H2,1H3/b5-3+. The Morgan fingerprint density at radius 2 is 2.25 bits per heavy atom. The quantitative estimate of drug-likeness (QED) is 0.288. The molecule has 46 valence electrons. The van der Waals surface area contributed by atoms with Gasteiger partial charge in [-0.05, 0) is 6.92 Å². The number of aliphatic hydroxyl groups is 1. The third-order valence-electron chi connectivity index (χ3n) is 0.697. The fraction of sp³-hybridized carbons (Fsp3) is 0.500. The van der Waals surface area contributed by atoms with Crippen LogP contribution >= 0.6 is 0 Å². The van der Waals surface area contributed by atoms with Crippen LogP contribution in [0.1, 0.15) is 6.92 Å². The number of nitrogens with zero attached hydrogens (tertiary/aromatic N) is 1. The molecule has 8 heavy (non-hydrogen) atoms. The maximum absolute atomic E-state index is 10.2. The van der Waals surface area contributed by atoms with Gasteiger partial charge in [0.25, 0.3) is 0 Å². The first-order valence-corrected chi connectivity index (χ1v) is 2.05. The molecule has 0 fully saturated rings. The van der Waals surface area contributed by atoms with Gasteiger partial charge in [-0.3, -0.25) is 4.79 Å². The summed E-state index contributed by atoms with van der Waals surface area (Å²) in [6, 6.07) is 0. The summed E-state index contributed by atoms with van der Waals surface area (Å²) in [7, 11) is 0. The molecule has 0 aromatic rings. The number of rotatable bonds is 2. The third kappa shape index (κ3) is 1.70. The fourth-order valence-electron chi connectivity index (χ4n) is 0.170. The molecule has 0 aliphatic rings. The van der Waals surface area contributed by atoms with Crippen molar-refractivity contribution in [3.05, 3.63) is 0 Å². The Labute approximate surface area is 46.4 Å². The molecule has 0 rings (SSSR count). The average molecular weight is 117 g/mol. The summed E-state index contributed by atoms with van der Waals surface area (Å²) in [5, 5.41) is 18.6. The Kier molecular flexibility index (Phi) is 2.79. The van der Waals surface area contributed by atoms with Gasteiger partial charge in [-0.15, -0.1) is 0 Å². The molecule has 2 N–H and O–H groups in total. The first kappa shape index (κ1) is 7.10. The van der Waals surface area contributed by atoms with E-state index in [2.05, 4.69) is 5.16 Å². The minimum absolute atomic E-state index is 0.0764. The van der Waals surface area contributed by atoms with E-state index in [0.717, 1.165) is 0 Å². The highest BCUT2D eigenvalue weighted by Gasteiger charge is 2.01. The summed E-state index contributed by atoms with van der Waals surface area (Å²) < 4.78 is 0. The summed E-state index contributed by atoms with van der Waals surface area (Å²) in [5.41, 5.74) is -0.0764. The van der Waals surface area contributed by atoms with E-state index < -0.39 is 12.4 Å².